The summed E-state index contributed by atoms with van der Waals surface area (Å²) < 4.78 is 10.9. The summed E-state index contributed by atoms with van der Waals surface area (Å²) >= 11 is 0. The highest BCUT2D eigenvalue weighted by molar-refractivity contribution is 5.00. The Morgan fingerprint density at radius 1 is 1.25 bits per heavy atom. The largest absolute Gasteiger partial charge is 0.381 e. The Balaban J connectivity index is 2.09. The highest BCUT2D eigenvalue weighted by Gasteiger charge is 2.48. The number of rotatable bonds is 4. The van der Waals surface area contributed by atoms with Gasteiger partial charge in [0.05, 0.1) is 13.2 Å². The molecule has 0 aliphatic carbocycles. The maximum atomic E-state index is 5.98. The SMILES string of the molecule is CN(C)C(C1CCOCC1)C1(CN)COC1. The molecule has 0 bridgehead atoms. The highest BCUT2D eigenvalue weighted by Crippen LogP contribution is 2.39. The van der Waals surface area contributed by atoms with E-state index in [1.54, 1.807) is 0 Å². The van der Waals surface area contributed by atoms with Crippen LogP contribution in [-0.4, -0.2) is 58.0 Å². The van der Waals surface area contributed by atoms with Gasteiger partial charge in [0.15, 0.2) is 0 Å². The summed E-state index contributed by atoms with van der Waals surface area (Å²) in [4.78, 5) is 2.34. The standard InChI is InChI=1S/C12H24N2O2/c1-14(2)11(10-3-5-15-6-4-10)12(7-13)8-16-9-12/h10-11H,3-9,13H2,1-2H3. The van der Waals surface area contributed by atoms with Gasteiger partial charge in [0, 0.05) is 31.2 Å². The lowest BCUT2D eigenvalue weighted by atomic mass is 9.70. The maximum absolute atomic E-state index is 5.98. The van der Waals surface area contributed by atoms with Crippen molar-refractivity contribution in [1.29, 1.82) is 0 Å². The lowest BCUT2D eigenvalue weighted by Crippen LogP contribution is -2.63. The molecule has 0 saturated carbocycles. The molecule has 2 fully saturated rings. The molecule has 0 aromatic heterocycles. The molecule has 2 aliphatic heterocycles. The molecule has 0 aromatic rings. The van der Waals surface area contributed by atoms with Crippen molar-refractivity contribution in [2.45, 2.75) is 18.9 Å². The summed E-state index contributed by atoms with van der Waals surface area (Å²) in [6.07, 6.45) is 2.31. The van der Waals surface area contributed by atoms with Gasteiger partial charge in [0.2, 0.25) is 0 Å². The molecule has 0 amide bonds. The Bertz CT molecular complexity index is 218. The second-order valence-corrected chi connectivity index (χ2v) is 5.42. The molecule has 2 N–H and O–H groups in total. The first-order chi connectivity index (χ1) is 7.69. The Kier molecular flexibility index (Phi) is 3.85. The zero-order chi connectivity index (χ0) is 11.6. The van der Waals surface area contributed by atoms with Crippen molar-refractivity contribution >= 4 is 0 Å². The first-order valence-corrected chi connectivity index (χ1v) is 6.21. The summed E-state index contributed by atoms with van der Waals surface area (Å²) in [5.41, 5.74) is 6.16. The van der Waals surface area contributed by atoms with E-state index < -0.39 is 0 Å². The van der Waals surface area contributed by atoms with Crippen molar-refractivity contribution in [3.63, 3.8) is 0 Å². The molecule has 16 heavy (non-hydrogen) atoms. The van der Waals surface area contributed by atoms with Crippen LogP contribution in [0.4, 0.5) is 0 Å². The van der Waals surface area contributed by atoms with E-state index in [-0.39, 0.29) is 5.41 Å². The molecule has 1 atom stereocenters. The topological polar surface area (TPSA) is 47.7 Å². The van der Waals surface area contributed by atoms with Crippen LogP contribution in [0.25, 0.3) is 0 Å². The number of nitrogens with two attached hydrogens (primary N) is 1. The third-order valence-corrected chi connectivity index (χ3v) is 4.08. The van der Waals surface area contributed by atoms with Crippen molar-refractivity contribution < 1.29 is 9.47 Å². The van der Waals surface area contributed by atoms with E-state index in [4.69, 9.17) is 15.2 Å². The maximum Gasteiger partial charge on any atom is 0.0572 e. The molecule has 94 valence electrons. The van der Waals surface area contributed by atoms with Crippen molar-refractivity contribution in [2.75, 3.05) is 47.1 Å². The first-order valence-electron chi connectivity index (χ1n) is 6.21. The number of hydrogen-bond donors (Lipinski definition) is 1. The minimum absolute atomic E-state index is 0.186. The molecule has 2 saturated heterocycles. The van der Waals surface area contributed by atoms with Crippen molar-refractivity contribution in [2.24, 2.45) is 17.1 Å². The van der Waals surface area contributed by atoms with Crippen LogP contribution >= 0.6 is 0 Å². The molecule has 2 aliphatic rings. The number of ether oxygens (including phenoxy) is 2. The van der Waals surface area contributed by atoms with Gasteiger partial charge in [-0.3, -0.25) is 0 Å². The van der Waals surface area contributed by atoms with Crippen LogP contribution in [0.2, 0.25) is 0 Å². The van der Waals surface area contributed by atoms with Crippen LogP contribution in [0.1, 0.15) is 12.8 Å². The van der Waals surface area contributed by atoms with E-state index >= 15 is 0 Å². The van der Waals surface area contributed by atoms with Gasteiger partial charge >= 0.3 is 0 Å². The first kappa shape index (κ1) is 12.3. The Labute approximate surface area is 98.1 Å². The van der Waals surface area contributed by atoms with Crippen LogP contribution in [0, 0.1) is 11.3 Å². The quantitative estimate of drug-likeness (QED) is 0.753. The Morgan fingerprint density at radius 2 is 1.88 bits per heavy atom. The van der Waals surface area contributed by atoms with Gasteiger partial charge in [-0.25, -0.2) is 0 Å². The smallest absolute Gasteiger partial charge is 0.0572 e. The predicted molar refractivity (Wildman–Crippen MR) is 63.3 cm³/mol. The van der Waals surface area contributed by atoms with Crippen LogP contribution in [0.5, 0.6) is 0 Å². The molecule has 1 unspecified atom stereocenters. The molecular formula is C12H24N2O2. The summed E-state index contributed by atoms with van der Waals surface area (Å²) in [6, 6.07) is 0.537. The number of hydrogen-bond acceptors (Lipinski definition) is 4. The second-order valence-electron chi connectivity index (χ2n) is 5.42. The Morgan fingerprint density at radius 3 is 2.25 bits per heavy atom. The van der Waals surface area contributed by atoms with Crippen molar-refractivity contribution in [1.82, 2.24) is 4.90 Å². The van der Waals surface area contributed by atoms with Crippen molar-refractivity contribution in [3.8, 4) is 0 Å². The van der Waals surface area contributed by atoms with Crippen LogP contribution in [0.15, 0.2) is 0 Å². The minimum atomic E-state index is 0.186. The van der Waals surface area contributed by atoms with Crippen LogP contribution in [0.3, 0.4) is 0 Å². The van der Waals surface area contributed by atoms with Gasteiger partial charge in [-0.05, 0) is 32.9 Å². The van der Waals surface area contributed by atoms with Crippen LogP contribution < -0.4 is 5.73 Å². The van der Waals surface area contributed by atoms with Gasteiger partial charge in [0.1, 0.15) is 0 Å². The normalized spacial score (nSPS) is 27.8. The van der Waals surface area contributed by atoms with E-state index in [9.17, 15) is 0 Å². The lowest BCUT2D eigenvalue weighted by molar-refractivity contribution is -0.161. The zero-order valence-corrected chi connectivity index (χ0v) is 10.4. The fourth-order valence-corrected chi connectivity index (χ4v) is 3.27. The molecule has 2 rings (SSSR count). The Hall–Kier alpha value is -0.160. The monoisotopic (exact) mass is 228 g/mol. The zero-order valence-electron chi connectivity index (χ0n) is 10.4. The number of nitrogens with zero attached hydrogens (tertiary/aromatic N) is 1. The predicted octanol–water partition coefficient (Wildman–Crippen LogP) is 0.319. The van der Waals surface area contributed by atoms with Crippen LogP contribution in [-0.2, 0) is 9.47 Å². The molecular weight excluding hydrogens is 204 g/mol. The molecule has 0 radical (unpaired) electrons. The van der Waals surface area contributed by atoms with Gasteiger partial charge in [0.25, 0.3) is 0 Å². The summed E-state index contributed by atoms with van der Waals surface area (Å²) in [6.45, 7) is 4.17. The summed E-state index contributed by atoms with van der Waals surface area (Å²) in [5.74, 6) is 0.705. The molecule has 0 aromatic carbocycles. The highest BCUT2D eigenvalue weighted by atomic mass is 16.5. The van der Waals surface area contributed by atoms with E-state index in [1.165, 1.54) is 0 Å². The average Bonchev–Trinajstić information content (AvgIpc) is 2.24. The lowest BCUT2D eigenvalue weighted by Gasteiger charge is -2.52. The van der Waals surface area contributed by atoms with Gasteiger partial charge in [-0.2, -0.15) is 0 Å². The van der Waals surface area contributed by atoms with E-state index in [1.807, 2.05) is 0 Å². The third-order valence-electron chi connectivity index (χ3n) is 4.08. The molecule has 0 spiro atoms. The van der Waals surface area contributed by atoms with E-state index in [2.05, 4.69) is 19.0 Å². The molecule has 4 nitrogen and oxygen atoms in total. The summed E-state index contributed by atoms with van der Waals surface area (Å²) in [5, 5.41) is 0. The average molecular weight is 228 g/mol. The van der Waals surface area contributed by atoms with E-state index in [0.29, 0.717) is 12.0 Å². The van der Waals surface area contributed by atoms with Gasteiger partial charge in [-0.1, -0.05) is 0 Å². The molecule has 4 heteroatoms. The van der Waals surface area contributed by atoms with Gasteiger partial charge in [-0.15, -0.1) is 0 Å². The fraction of sp³-hybridized carbons (Fsp3) is 1.00. The van der Waals surface area contributed by atoms with Crippen molar-refractivity contribution in [3.05, 3.63) is 0 Å². The van der Waals surface area contributed by atoms with E-state index in [0.717, 1.165) is 45.8 Å². The van der Waals surface area contributed by atoms with Gasteiger partial charge < -0.3 is 20.1 Å². The third kappa shape index (κ3) is 2.12. The second kappa shape index (κ2) is 5.00. The minimum Gasteiger partial charge on any atom is -0.381 e. The summed E-state index contributed by atoms with van der Waals surface area (Å²) in [7, 11) is 4.33. The molecule has 2 heterocycles. The fourth-order valence-electron chi connectivity index (χ4n) is 3.27.